The second-order valence-corrected chi connectivity index (χ2v) is 16.6. The molecule has 0 aliphatic heterocycles. The van der Waals surface area contributed by atoms with Crippen LogP contribution in [-0.2, 0) is 36.1 Å². The number of nitrogens with two attached hydrogens (primary N) is 1. The summed E-state index contributed by atoms with van der Waals surface area (Å²) in [6.45, 7) is 7.50. The van der Waals surface area contributed by atoms with Crippen LogP contribution in [0.5, 0.6) is 5.75 Å². The Morgan fingerprint density at radius 2 is 0.971 bits per heavy atom. The molecule has 7 aromatic rings. The minimum Gasteiger partial charge on any atom is -0.505 e. The second-order valence-electron chi connectivity index (χ2n) is 14.4. The van der Waals surface area contributed by atoms with Crippen molar-refractivity contribution in [1.82, 2.24) is 4.58 Å². The number of benzene rings is 7. The van der Waals surface area contributed by atoms with E-state index >= 15 is 0 Å². The SMILES string of the molecule is Cc1cc(N=Nc2cc(C)c(N=Nc3ccc4cc([N+](=C=O)c5cccc(N)c5)ccc4c3O)cc2C)ccc1N=Nc1ccc(N=Nc2ccccc2S(=O)(=O)O)c(C)c1.O=S(=O)=O.O=S(=O)=O. The van der Waals surface area contributed by atoms with Crippen LogP contribution in [0.2, 0.25) is 0 Å². The molecule has 0 saturated carbocycles. The largest absolute Gasteiger partial charge is 0.505 e. The van der Waals surface area contributed by atoms with E-state index in [0.717, 1.165) is 22.3 Å². The van der Waals surface area contributed by atoms with Crippen molar-refractivity contribution in [2.24, 2.45) is 40.9 Å². The quantitative estimate of drug-likeness (QED) is 0.0272. The molecule has 4 N–H and O–H groups in total. The van der Waals surface area contributed by atoms with Crippen molar-refractivity contribution in [2.75, 3.05) is 5.73 Å². The summed E-state index contributed by atoms with van der Waals surface area (Å²) in [5.74, 6) is -0.0455. The van der Waals surface area contributed by atoms with Gasteiger partial charge in [-0.1, -0.05) is 28.8 Å². The van der Waals surface area contributed by atoms with Gasteiger partial charge in [-0.05, 0) is 134 Å². The minimum atomic E-state index is -4.45. The highest BCUT2D eigenvalue weighted by atomic mass is 32.2. The van der Waals surface area contributed by atoms with E-state index in [1.165, 1.54) is 22.8 Å². The van der Waals surface area contributed by atoms with E-state index < -0.39 is 31.3 Å². The average molecular weight is 990 g/mol. The number of phenols is 1. The van der Waals surface area contributed by atoms with E-state index in [2.05, 4.69) is 40.9 Å². The molecule has 0 spiro atoms. The number of aryl methyl sites for hydroxylation is 4. The Morgan fingerprint density at radius 3 is 1.51 bits per heavy atom. The standard InChI is InChI=1S/C45H36N10O5S.2O3S/c1-27-20-34(13-18-38(27)49-47-33-14-19-39(28(2)21-33)50-51-40-10-5-6-11-44(40)61(58,59)60)48-53-42-22-30(4)43(23-29(42)3)54-52-41-17-12-31-24-36(15-16-37(31)45(41)57)55(26-56)35-9-7-8-32(46)25-35;2*1-4(2)3/h5-25H,46H2,1-4H3,(H-,47,48,51,54,57,58,59,60);;/p+1. The van der Waals surface area contributed by atoms with Crippen LogP contribution in [0, 0.1) is 27.7 Å². The second kappa shape index (κ2) is 23.2. The number of aromatic hydroxyl groups is 1. The van der Waals surface area contributed by atoms with Crippen molar-refractivity contribution in [3.63, 3.8) is 0 Å². The summed E-state index contributed by atoms with van der Waals surface area (Å²) in [4.78, 5) is 11.5. The Labute approximate surface area is 396 Å². The van der Waals surface area contributed by atoms with Crippen LogP contribution in [0.4, 0.5) is 62.6 Å². The lowest BCUT2D eigenvalue weighted by Crippen LogP contribution is -2.02. The fraction of sp³-hybridized carbons (Fsp3) is 0.0889. The zero-order valence-corrected chi connectivity index (χ0v) is 39.0. The summed E-state index contributed by atoms with van der Waals surface area (Å²) in [7, 11) is -10.7. The zero-order valence-electron chi connectivity index (χ0n) is 36.5. The number of azo groups is 4. The fourth-order valence-corrected chi connectivity index (χ4v) is 6.88. The third-order valence-electron chi connectivity index (χ3n) is 9.53. The van der Waals surface area contributed by atoms with Gasteiger partial charge in [-0.2, -0.15) is 43.9 Å². The summed E-state index contributed by atoms with van der Waals surface area (Å²) in [5, 5.41) is 47.1. The number of fused-ring (bicyclic) bond motifs is 1. The van der Waals surface area contributed by atoms with E-state index in [-0.39, 0.29) is 22.0 Å². The molecular formula is C45H37N10O11S3+. The van der Waals surface area contributed by atoms with Crippen molar-refractivity contribution in [1.29, 1.82) is 0 Å². The number of hydrogen-bond donors (Lipinski definition) is 3. The summed E-state index contributed by atoms with van der Waals surface area (Å²) in [6.07, 6.45) is 1.94. The number of hydrogen-bond acceptors (Lipinski definition) is 19. The molecule has 0 atom stereocenters. The van der Waals surface area contributed by atoms with Crippen LogP contribution < -0.4 is 10.3 Å². The lowest BCUT2D eigenvalue weighted by Gasteiger charge is -2.07. The van der Waals surface area contributed by atoms with Crippen molar-refractivity contribution in [3.8, 4) is 5.75 Å². The maximum Gasteiger partial charge on any atom is 0.437 e. The van der Waals surface area contributed by atoms with Crippen LogP contribution in [-0.4, -0.2) is 49.4 Å². The van der Waals surface area contributed by atoms with Crippen LogP contribution in [0.3, 0.4) is 0 Å². The highest BCUT2D eigenvalue weighted by Crippen LogP contribution is 2.39. The number of nitrogens with zero attached hydrogens (tertiary/aromatic N) is 9. The molecule has 0 unspecified atom stereocenters. The van der Waals surface area contributed by atoms with Gasteiger partial charge in [-0.3, -0.25) is 4.55 Å². The van der Waals surface area contributed by atoms with Gasteiger partial charge in [0.15, 0.2) is 5.75 Å². The molecule has 0 bridgehead atoms. The van der Waals surface area contributed by atoms with Crippen molar-refractivity contribution in [2.45, 2.75) is 32.6 Å². The predicted octanol–water partition coefficient (Wildman–Crippen LogP) is 11.4. The smallest absolute Gasteiger partial charge is 0.437 e. The number of isocyanates is 1. The van der Waals surface area contributed by atoms with Crippen molar-refractivity contribution >= 4 is 111 Å². The molecule has 0 saturated heterocycles. The van der Waals surface area contributed by atoms with Crippen LogP contribution >= 0.6 is 0 Å². The van der Waals surface area contributed by atoms with Crippen LogP contribution in [0.15, 0.2) is 173 Å². The van der Waals surface area contributed by atoms with Gasteiger partial charge in [-0.15, -0.1) is 35.5 Å². The molecule has 21 nitrogen and oxygen atoms in total. The van der Waals surface area contributed by atoms with E-state index in [0.29, 0.717) is 62.0 Å². The van der Waals surface area contributed by atoms with E-state index in [1.807, 2.05) is 52.0 Å². The van der Waals surface area contributed by atoms with Crippen molar-refractivity contribution < 1.29 is 48.1 Å². The first-order chi connectivity index (χ1) is 32.7. The lowest BCUT2D eigenvalue weighted by molar-refractivity contribution is 0.482. The monoisotopic (exact) mass is 989 g/mol. The molecule has 0 heterocycles. The molecule has 69 heavy (non-hydrogen) atoms. The summed E-state index contributed by atoms with van der Waals surface area (Å²) in [5.41, 5.74) is 14.7. The maximum atomic E-state index is 11.9. The first-order valence-corrected chi connectivity index (χ1v) is 23.1. The predicted molar refractivity (Wildman–Crippen MR) is 254 cm³/mol. The molecule has 0 aliphatic carbocycles. The highest BCUT2D eigenvalue weighted by Gasteiger charge is 2.18. The number of anilines is 1. The van der Waals surface area contributed by atoms with Crippen molar-refractivity contribution in [3.05, 3.63) is 150 Å². The first-order valence-electron chi connectivity index (χ1n) is 19.6. The molecule has 24 heteroatoms. The third kappa shape index (κ3) is 14.4. The van der Waals surface area contributed by atoms with E-state index in [1.54, 1.807) is 91.0 Å². The Kier molecular flexibility index (Phi) is 17.2. The highest BCUT2D eigenvalue weighted by molar-refractivity contribution is 7.86. The fourth-order valence-electron chi connectivity index (χ4n) is 6.25. The normalized spacial score (nSPS) is 11.3. The number of nitrogen functional groups attached to an aromatic ring is 1. The van der Waals surface area contributed by atoms with Gasteiger partial charge in [0.2, 0.25) is 11.4 Å². The van der Waals surface area contributed by atoms with Gasteiger partial charge >= 0.3 is 27.3 Å². The first kappa shape index (κ1) is 51.3. The molecular weight excluding hydrogens is 953 g/mol. The number of phenolic OH excluding ortho intramolecular Hbond substituents is 1. The molecule has 350 valence electrons. The van der Waals surface area contributed by atoms with Gasteiger partial charge in [0.1, 0.15) is 16.3 Å². The molecule has 0 radical (unpaired) electrons. The van der Waals surface area contributed by atoms with Crippen LogP contribution in [0.1, 0.15) is 22.3 Å². The average Bonchev–Trinajstić information content (AvgIpc) is 3.28. The van der Waals surface area contributed by atoms with E-state index in [9.17, 15) is 22.9 Å². The molecule has 7 rings (SSSR count). The Hall–Kier alpha value is -8.67. The lowest BCUT2D eigenvalue weighted by atomic mass is 10.1. The molecule has 7 aromatic carbocycles. The molecule has 0 amide bonds. The van der Waals surface area contributed by atoms with Gasteiger partial charge in [0.25, 0.3) is 10.1 Å². The summed E-state index contributed by atoms with van der Waals surface area (Å²) >= 11 is 0. The van der Waals surface area contributed by atoms with Crippen LogP contribution in [0.25, 0.3) is 10.8 Å². The van der Waals surface area contributed by atoms with Gasteiger partial charge in [0.05, 0.1) is 34.1 Å². The maximum absolute atomic E-state index is 11.9. The molecule has 0 aromatic heterocycles. The van der Waals surface area contributed by atoms with Gasteiger partial charge in [0, 0.05) is 35.3 Å². The van der Waals surface area contributed by atoms with Gasteiger partial charge in [-0.25, -0.2) is 0 Å². The van der Waals surface area contributed by atoms with Gasteiger partial charge < -0.3 is 10.8 Å². The Morgan fingerprint density at radius 1 is 0.507 bits per heavy atom. The van der Waals surface area contributed by atoms with E-state index in [4.69, 9.17) is 31.0 Å². The Bertz CT molecular complexity index is 3620. The third-order valence-corrected chi connectivity index (χ3v) is 10.4. The summed E-state index contributed by atoms with van der Waals surface area (Å²) < 4.78 is 84.8. The minimum absolute atomic E-state index is 0.0202. The number of carbonyl (C=O) groups excluding carboxylic acids is 1. The molecule has 0 aliphatic rings. The molecule has 0 fully saturated rings. The topological polar surface area (TPSA) is 322 Å². The Balaban J connectivity index is 0.00000103. The number of rotatable bonds is 11. The summed E-state index contributed by atoms with van der Waals surface area (Å²) in [6, 6.07) is 35.7. The zero-order chi connectivity index (χ0) is 50.4.